The van der Waals surface area contributed by atoms with Gasteiger partial charge in [-0.1, -0.05) is 76.8 Å². The molecular formula is C25H38N2O3. The molecule has 1 aliphatic carbocycles. The Hall–Kier alpha value is -2.04. The molecule has 2 aliphatic rings. The molecule has 0 spiro atoms. The molecule has 3 rings (SSSR count). The zero-order valence-electron chi connectivity index (χ0n) is 18.5. The molecule has 1 aromatic carbocycles. The summed E-state index contributed by atoms with van der Waals surface area (Å²) in [5.41, 5.74) is 0.769. The van der Waals surface area contributed by atoms with Gasteiger partial charge < -0.3 is 15.0 Å². The van der Waals surface area contributed by atoms with Crippen molar-refractivity contribution in [1.29, 1.82) is 0 Å². The first-order valence-corrected chi connectivity index (χ1v) is 12.1. The highest BCUT2D eigenvalue weighted by Gasteiger charge is 2.33. The standard InChI is InChI=1S/C25H38N2O3/c1-2-22-25(29)27(21-16-12-13-17-23(21)30-22)19-18-24(28)26-20-14-10-8-6-4-3-5-7-9-11-15-20/h12-13,16-17,20,22H,2-11,14-15,18-19H2,1H3,(H,26,28). The molecule has 1 fully saturated rings. The predicted molar refractivity (Wildman–Crippen MR) is 121 cm³/mol. The lowest BCUT2D eigenvalue weighted by Gasteiger charge is -2.34. The fraction of sp³-hybridized carbons (Fsp3) is 0.680. The molecule has 0 bridgehead atoms. The molecular weight excluding hydrogens is 376 g/mol. The number of anilines is 1. The summed E-state index contributed by atoms with van der Waals surface area (Å²) in [6.07, 6.45) is 14.3. The van der Waals surface area contributed by atoms with E-state index in [2.05, 4.69) is 5.32 Å². The highest BCUT2D eigenvalue weighted by Crippen LogP contribution is 2.34. The number of fused-ring (bicyclic) bond motifs is 1. The van der Waals surface area contributed by atoms with Crippen LogP contribution in [-0.4, -0.2) is 30.5 Å². The third-order valence-electron chi connectivity index (χ3n) is 6.37. The molecule has 166 valence electrons. The second-order valence-corrected chi connectivity index (χ2v) is 8.75. The van der Waals surface area contributed by atoms with Gasteiger partial charge in [0.1, 0.15) is 5.75 Å². The topological polar surface area (TPSA) is 58.6 Å². The summed E-state index contributed by atoms with van der Waals surface area (Å²) < 4.78 is 5.83. The highest BCUT2D eigenvalue weighted by molar-refractivity contribution is 6.00. The molecule has 30 heavy (non-hydrogen) atoms. The molecule has 0 saturated heterocycles. The van der Waals surface area contributed by atoms with Gasteiger partial charge in [0.25, 0.3) is 5.91 Å². The minimum absolute atomic E-state index is 0.0463. The van der Waals surface area contributed by atoms with E-state index in [0.717, 1.165) is 24.3 Å². The van der Waals surface area contributed by atoms with Crippen LogP contribution in [0.1, 0.15) is 90.4 Å². The van der Waals surface area contributed by atoms with Gasteiger partial charge in [0.15, 0.2) is 6.10 Å². The number of hydrogen-bond donors (Lipinski definition) is 1. The minimum Gasteiger partial charge on any atom is -0.478 e. The molecule has 5 nitrogen and oxygen atoms in total. The summed E-state index contributed by atoms with van der Waals surface area (Å²) in [6, 6.07) is 7.87. The van der Waals surface area contributed by atoms with Gasteiger partial charge in [0, 0.05) is 19.0 Å². The Balaban J connectivity index is 1.54. The lowest BCUT2D eigenvalue weighted by Crippen LogP contribution is -2.47. The van der Waals surface area contributed by atoms with Gasteiger partial charge in [-0.05, 0) is 31.4 Å². The van der Waals surface area contributed by atoms with Crippen molar-refractivity contribution in [2.45, 2.75) is 103 Å². The van der Waals surface area contributed by atoms with E-state index in [0.29, 0.717) is 19.4 Å². The van der Waals surface area contributed by atoms with Crippen LogP contribution in [-0.2, 0) is 9.59 Å². The van der Waals surface area contributed by atoms with Crippen molar-refractivity contribution in [3.63, 3.8) is 0 Å². The number of para-hydroxylation sites is 2. The predicted octanol–water partition coefficient (Wildman–Crippen LogP) is 5.37. The summed E-state index contributed by atoms with van der Waals surface area (Å²) in [5.74, 6) is 0.732. The van der Waals surface area contributed by atoms with Crippen LogP contribution in [0.5, 0.6) is 5.75 Å². The summed E-state index contributed by atoms with van der Waals surface area (Å²) in [7, 11) is 0. The molecule has 1 atom stereocenters. The zero-order valence-corrected chi connectivity index (χ0v) is 18.5. The lowest BCUT2D eigenvalue weighted by molar-refractivity contribution is -0.126. The van der Waals surface area contributed by atoms with Crippen LogP contribution in [0, 0.1) is 0 Å². The number of nitrogens with one attached hydrogen (secondary N) is 1. The van der Waals surface area contributed by atoms with Crippen LogP contribution >= 0.6 is 0 Å². The molecule has 1 unspecified atom stereocenters. The maximum absolute atomic E-state index is 12.8. The SMILES string of the molecule is CCC1Oc2ccccc2N(CCC(=O)NC2CCCCCCCCCCC2)C1=O. The molecule has 0 radical (unpaired) electrons. The first-order valence-electron chi connectivity index (χ1n) is 12.1. The summed E-state index contributed by atoms with van der Waals surface area (Å²) in [4.78, 5) is 27.3. The summed E-state index contributed by atoms with van der Waals surface area (Å²) >= 11 is 0. The summed E-state index contributed by atoms with van der Waals surface area (Å²) in [5, 5.41) is 3.27. The first-order chi connectivity index (χ1) is 14.7. The molecule has 1 heterocycles. The van der Waals surface area contributed by atoms with Gasteiger partial charge in [0.05, 0.1) is 5.69 Å². The van der Waals surface area contributed by atoms with E-state index >= 15 is 0 Å². The largest absolute Gasteiger partial charge is 0.478 e. The Morgan fingerprint density at radius 2 is 1.60 bits per heavy atom. The van der Waals surface area contributed by atoms with Crippen molar-refractivity contribution in [3.8, 4) is 5.75 Å². The number of carbonyl (C=O) groups excluding carboxylic acids is 2. The minimum atomic E-state index is -0.464. The van der Waals surface area contributed by atoms with Crippen LogP contribution in [0.15, 0.2) is 24.3 Å². The van der Waals surface area contributed by atoms with Crippen molar-refractivity contribution in [2.24, 2.45) is 0 Å². The molecule has 2 amide bonds. The maximum Gasteiger partial charge on any atom is 0.268 e. The first kappa shape index (κ1) is 22.6. The monoisotopic (exact) mass is 414 g/mol. The van der Waals surface area contributed by atoms with Crippen LogP contribution < -0.4 is 15.0 Å². The van der Waals surface area contributed by atoms with Crippen molar-refractivity contribution in [3.05, 3.63) is 24.3 Å². The van der Waals surface area contributed by atoms with E-state index in [1.54, 1.807) is 4.90 Å². The Bertz CT molecular complexity index is 679. The average Bonchev–Trinajstić information content (AvgIpc) is 2.74. The molecule has 5 heteroatoms. The lowest BCUT2D eigenvalue weighted by atomic mass is 9.98. The van der Waals surface area contributed by atoms with Crippen molar-refractivity contribution >= 4 is 17.5 Å². The van der Waals surface area contributed by atoms with Gasteiger partial charge in [-0.2, -0.15) is 0 Å². The third-order valence-corrected chi connectivity index (χ3v) is 6.37. The van der Waals surface area contributed by atoms with Crippen LogP contribution in [0.3, 0.4) is 0 Å². The van der Waals surface area contributed by atoms with Gasteiger partial charge in [-0.25, -0.2) is 0 Å². The number of nitrogens with zero attached hydrogens (tertiary/aromatic N) is 1. The Labute approximate surface area is 181 Å². The molecule has 1 aliphatic heterocycles. The fourth-order valence-electron chi connectivity index (χ4n) is 4.59. The number of rotatable bonds is 5. The quantitative estimate of drug-likeness (QED) is 0.705. The number of carbonyl (C=O) groups is 2. The normalized spacial score (nSPS) is 21.7. The maximum atomic E-state index is 12.8. The molecule has 1 N–H and O–H groups in total. The molecule has 0 aromatic heterocycles. The Morgan fingerprint density at radius 3 is 2.23 bits per heavy atom. The van der Waals surface area contributed by atoms with E-state index in [-0.39, 0.29) is 17.9 Å². The van der Waals surface area contributed by atoms with Crippen molar-refractivity contribution in [2.75, 3.05) is 11.4 Å². The average molecular weight is 415 g/mol. The fourth-order valence-corrected chi connectivity index (χ4v) is 4.59. The highest BCUT2D eigenvalue weighted by atomic mass is 16.5. The van der Waals surface area contributed by atoms with E-state index in [9.17, 15) is 9.59 Å². The Morgan fingerprint density at radius 1 is 1.00 bits per heavy atom. The van der Waals surface area contributed by atoms with Gasteiger partial charge in [-0.3, -0.25) is 9.59 Å². The second kappa shape index (κ2) is 12.0. The van der Waals surface area contributed by atoms with E-state index in [1.807, 2.05) is 31.2 Å². The van der Waals surface area contributed by atoms with Crippen LogP contribution in [0.25, 0.3) is 0 Å². The summed E-state index contributed by atoms with van der Waals surface area (Å²) in [6.45, 7) is 2.35. The molecule has 1 aromatic rings. The van der Waals surface area contributed by atoms with Crippen LogP contribution in [0.2, 0.25) is 0 Å². The van der Waals surface area contributed by atoms with Crippen molar-refractivity contribution < 1.29 is 14.3 Å². The number of ether oxygens (including phenoxy) is 1. The van der Waals surface area contributed by atoms with E-state index in [4.69, 9.17) is 4.74 Å². The van der Waals surface area contributed by atoms with Gasteiger partial charge in [0.2, 0.25) is 5.91 Å². The smallest absolute Gasteiger partial charge is 0.268 e. The third kappa shape index (κ3) is 6.48. The Kier molecular flexibility index (Phi) is 9.03. The second-order valence-electron chi connectivity index (χ2n) is 8.75. The number of hydrogen-bond acceptors (Lipinski definition) is 3. The van der Waals surface area contributed by atoms with Gasteiger partial charge in [-0.15, -0.1) is 0 Å². The number of amides is 2. The number of benzene rings is 1. The van der Waals surface area contributed by atoms with E-state index < -0.39 is 6.10 Å². The van der Waals surface area contributed by atoms with Crippen LogP contribution in [0.4, 0.5) is 5.69 Å². The van der Waals surface area contributed by atoms with Crippen molar-refractivity contribution in [1.82, 2.24) is 5.32 Å². The van der Waals surface area contributed by atoms with E-state index in [1.165, 1.54) is 57.8 Å². The van der Waals surface area contributed by atoms with Gasteiger partial charge >= 0.3 is 0 Å². The molecule has 1 saturated carbocycles. The zero-order chi connectivity index (χ0) is 21.2.